The second-order valence-corrected chi connectivity index (χ2v) is 11.6. The van der Waals surface area contributed by atoms with E-state index in [2.05, 4.69) is 10.6 Å². The highest BCUT2D eigenvalue weighted by Gasteiger charge is 2.53. The Labute approximate surface area is 272 Å². The molecule has 0 radical (unpaired) electrons. The van der Waals surface area contributed by atoms with Gasteiger partial charge in [0.2, 0.25) is 12.4 Å². The summed E-state index contributed by atoms with van der Waals surface area (Å²) in [5.74, 6) is -5.25. The minimum absolute atomic E-state index is 0.0199. The van der Waals surface area contributed by atoms with Crippen LogP contribution in [-0.4, -0.2) is 96.8 Å². The molecule has 0 aromatic heterocycles. The Balaban J connectivity index is 2.60. The summed E-state index contributed by atoms with van der Waals surface area (Å²) in [5.41, 5.74) is -0.263. The van der Waals surface area contributed by atoms with Gasteiger partial charge in [-0.15, -0.1) is 0 Å². The summed E-state index contributed by atoms with van der Waals surface area (Å²) in [6, 6.07) is 5.87. The number of esters is 5. The Kier molecular flexibility index (Phi) is 14.1. The van der Waals surface area contributed by atoms with Crippen LogP contribution in [0.25, 0.3) is 0 Å². The molecule has 0 bridgehead atoms. The fourth-order valence-electron chi connectivity index (χ4n) is 4.62. The summed E-state index contributed by atoms with van der Waals surface area (Å²) in [6.45, 7) is 9.71. The number of ether oxygens (including phenoxy) is 7. The molecule has 1 heterocycles. The van der Waals surface area contributed by atoms with Crippen LogP contribution < -0.4 is 10.6 Å². The quantitative estimate of drug-likeness (QED) is 0.238. The van der Waals surface area contributed by atoms with Crippen LogP contribution >= 0.6 is 0 Å². The van der Waals surface area contributed by atoms with Crippen LogP contribution in [0.3, 0.4) is 0 Å². The monoisotopic (exact) mass is 666 g/mol. The second kappa shape index (κ2) is 17.3. The van der Waals surface area contributed by atoms with Gasteiger partial charge in [-0.25, -0.2) is 4.79 Å². The predicted octanol–water partition coefficient (Wildman–Crippen LogP) is 1.25. The molecule has 2 N–H and O–H groups in total. The van der Waals surface area contributed by atoms with Crippen LogP contribution in [-0.2, 0) is 68.3 Å². The van der Waals surface area contributed by atoms with E-state index < -0.39 is 96.8 Å². The van der Waals surface area contributed by atoms with Gasteiger partial charge < -0.3 is 43.8 Å². The van der Waals surface area contributed by atoms with Crippen molar-refractivity contribution in [2.24, 2.45) is 0 Å². The Bertz CT molecular complexity index is 1290. The van der Waals surface area contributed by atoms with Crippen molar-refractivity contribution in [3.05, 3.63) is 35.9 Å². The van der Waals surface area contributed by atoms with Crippen LogP contribution in [0.2, 0.25) is 0 Å². The fraction of sp³-hybridized carbons (Fsp3) is 0.581. The maximum Gasteiger partial charge on any atom is 0.408 e. The lowest BCUT2D eigenvalue weighted by molar-refractivity contribution is -0.271. The van der Waals surface area contributed by atoms with Crippen LogP contribution in [0.15, 0.2) is 30.3 Å². The maximum absolute atomic E-state index is 14.0. The molecule has 0 aliphatic carbocycles. The lowest BCUT2D eigenvalue weighted by Gasteiger charge is -2.44. The van der Waals surface area contributed by atoms with Crippen LogP contribution in [0, 0.1) is 0 Å². The van der Waals surface area contributed by atoms with Crippen molar-refractivity contribution in [2.45, 2.75) is 110 Å². The van der Waals surface area contributed by atoms with E-state index in [1.54, 1.807) is 51.1 Å². The molecule has 7 atom stereocenters. The summed E-state index contributed by atoms with van der Waals surface area (Å²) in [4.78, 5) is 87.2. The average molecular weight is 667 g/mol. The molecule has 1 fully saturated rings. The van der Waals surface area contributed by atoms with E-state index >= 15 is 0 Å². The van der Waals surface area contributed by atoms with E-state index in [9.17, 15) is 33.6 Å². The largest absolute Gasteiger partial charge is 0.463 e. The molecule has 47 heavy (non-hydrogen) atoms. The zero-order valence-electron chi connectivity index (χ0n) is 27.6. The zero-order valence-corrected chi connectivity index (χ0v) is 27.6. The Morgan fingerprint density at radius 2 is 1.36 bits per heavy atom. The highest BCUT2D eigenvalue weighted by atomic mass is 16.7. The Morgan fingerprint density at radius 3 is 1.87 bits per heavy atom. The number of carbonyl (C=O) groups is 7. The molecular formula is C31H42N2O14. The van der Waals surface area contributed by atoms with E-state index in [-0.39, 0.29) is 6.42 Å². The number of alkyl carbamates (subject to hydrolysis) is 1. The summed E-state index contributed by atoms with van der Waals surface area (Å²) in [5, 5.41) is 5.11. The SMILES string of the molecule is CC(=O)OC[C@H]1O[C@@H](OC(C)=O)[C@H](NC(=O)C(OC(C)=O)C(Cc2ccccc2)NC(=O)OC(C)(C)C)[C@@H](OC(C)=O)[C@@H]1OC(C)=O. The number of hydrogen-bond acceptors (Lipinski definition) is 14. The van der Waals surface area contributed by atoms with Gasteiger partial charge in [-0.1, -0.05) is 30.3 Å². The van der Waals surface area contributed by atoms with E-state index in [0.717, 1.165) is 34.6 Å². The third-order valence-corrected chi connectivity index (χ3v) is 6.21. The van der Waals surface area contributed by atoms with Crippen molar-refractivity contribution in [3.8, 4) is 0 Å². The van der Waals surface area contributed by atoms with Crippen molar-refractivity contribution in [1.82, 2.24) is 10.6 Å². The highest BCUT2D eigenvalue weighted by Crippen LogP contribution is 2.28. The lowest BCUT2D eigenvalue weighted by atomic mass is 9.95. The predicted molar refractivity (Wildman–Crippen MR) is 159 cm³/mol. The second-order valence-electron chi connectivity index (χ2n) is 11.6. The normalized spacial score (nSPS) is 21.9. The molecule has 1 aromatic carbocycles. The van der Waals surface area contributed by atoms with Gasteiger partial charge in [-0.3, -0.25) is 28.8 Å². The summed E-state index contributed by atoms with van der Waals surface area (Å²) in [7, 11) is 0. The first-order valence-corrected chi connectivity index (χ1v) is 14.7. The van der Waals surface area contributed by atoms with E-state index in [0.29, 0.717) is 5.56 Å². The van der Waals surface area contributed by atoms with Gasteiger partial charge in [0.15, 0.2) is 12.2 Å². The fourth-order valence-corrected chi connectivity index (χ4v) is 4.62. The smallest absolute Gasteiger partial charge is 0.408 e. The first-order chi connectivity index (χ1) is 21.9. The molecule has 1 aliphatic heterocycles. The Hall–Kier alpha value is -4.73. The van der Waals surface area contributed by atoms with Crippen LogP contribution in [0.5, 0.6) is 0 Å². The summed E-state index contributed by atoms with van der Waals surface area (Å²) >= 11 is 0. The molecule has 0 spiro atoms. The molecule has 2 amide bonds. The first kappa shape index (κ1) is 38.5. The minimum atomic E-state index is -1.73. The minimum Gasteiger partial charge on any atom is -0.463 e. The molecule has 16 nitrogen and oxygen atoms in total. The van der Waals surface area contributed by atoms with Crippen molar-refractivity contribution in [3.63, 3.8) is 0 Å². The maximum atomic E-state index is 14.0. The molecule has 2 unspecified atom stereocenters. The molecule has 0 saturated carbocycles. The molecule has 1 aromatic rings. The van der Waals surface area contributed by atoms with Crippen LogP contribution in [0.1, 0.15) is 61.0 Å². The summed E-state index contributed by atoms with van der Waals surface area (Å²) < 4.78 is 37.8. The first-order valence-electron chi connectivity index (χ1n) is 14.7. The molecular weight excluding hydrogens is 624 g/mol. The number of rotatable bonds is 12. The van der Waals surface area contributed by atoms with Gasteiger partial charge in [-0.2, -0.15) is 0 Å². The number of carbonyl (C=O) groups excluding carboxylic acids is 7. The van der Waals surface area contributed by atoms with Gasteiger partial charge in [0.25, 0.3) is 5.91 Å². The van der Waals surface area contributed by atoms with Crippen molar-refractivity contribution in [2.75, 3.05) is 6.61 Å². The van der Waals surface area contributed by atoms with Gasteiger partial charge in [0, 0.05) is 34.6 Å². The van der Waals surface area contributed by atoms with Gasteiger partial charge in [0.05, 0.1) is 6.04 Å². The van der Waals surface area contributed by atoms with Gasteiger partial charge >= 0.3 is 35.9 Å². The van der Waals surface area contributed by atoms with Crippen molar-refractivity contribution < 1.29 is 66.7 Å². The number of nitrogens with one attached hydrogen (secondary N) is 2. The highest BCUT2D eigenvalue weighted by molar-refractivity contribution is 5.85. The Morgan fingerprint density at radius 1 is 0.787 bits per heavy atom. The van der Waals surface area contributed by atoms with Crippen molar-refractivity contribution >= 4 is 41.8 Å². The number of amides is 2. The van der Waals surface area contributed by atoms with Gasteiger partial charge in [0.1, 0.15) is 24.4 Å². The summed E-state index contributed by atoms with van der Waals surface area (Å²) in [6.07, 6.45) is -8.76. The lowest BCUT2D eigenvalue weighted by Crippen LogP contribution is -2.68. The zero-order chi connectivity index (χ0) is 35.5. The molecule has 2 rings (SSSR count). The van der Waals surface area contributed by atoms with Crippen LogP contribution in [0.4, 0.5) is 4.79 Å². The number of hydrogen-bond donors (Lipinski definition) is 2. The van der Waals surface area contributed by atoms with E-state index in [1.807, 2.05) is 0 Å². The topological polar surface area (TPSA) is 208 Å². The third-order valence-electron chi connectivity index (χ3n) is 6.21. The molecule has 16 heteroatoms. The van der Waals surface area contributed by atoms with Gasteiger partial charge in [-0.05, 0) is 32.8 Å². The van der Waals surface area contributed by atoms with Crippen molar-refractivity contribution in [1.29, 1.82) is 0 Å². The van der Waals surface area contributed by atoms with E-state index in [4.69, 9.17) is 33.2 Å². The number of benzene rings is 1. The standard InChI is InChI=1S/C31H42N2O14/c1-16(34)41-15-23-26(43-18(3)36)27(44-19(4)37)24(29(46-23)45-20(5)38)33-28(39)25(42-17(2)35)22(14-21-12-10-9-11-13-21)32-30(40)47-31(6,7)8/h9-13,22-27,29H,14-15H2,1-8H3,(H,32,40)(H,33,39)/t22?,23-,24-,25?,26-,27-,29-/m1/s1. The average Bonchev–Trinajstić information content (AvgIpc) is 2.92. The molecule has 260 valence electrons. The third kappa shape index (κ3) is 13.3. The van der Waals surface area contributed by atoms with E-state index in [1.165, 1.54) is 0 Å². The molecule has 1 saturated heterocycles. The molecule has 1 aliphatic rings.